The Balaban J connectivity index is 1.84. The molecule has 4 rings (SSSR count). The van der Waals surface area contributed by atoms with Crippen molar-refractivity contribution in [3.8, 4) is 0 Å². The number of rotatable bonds is 5. The van der Waals surface area contributed by atoms with Crippen LogP contribution in [-0.2, 0) is 15.5 Å². The molecule has 0 bridgehead atoms. The quantitative estimate of drug-likeness (QED) is 0.403. The SMILES string of the molecule is Cc1nc(N[C@H](C)c2cccc(C(F)(F)F)c2C)c2cc(C3=CCOCC3)c(P(C)(C)=O)cc2n1. The smallest absolute Gasteiger partial charge is 0.377 e. The van der Waals surface area contributed by atoms with Crippen molar-refractivity contribution in [3.05, 3.63) is 64.5 Å². The predicted octanol–water partition coefficient (Wildman–Crippen LogP) is 6.49. The van der Waals surface area contributed by atoms with Crippen LogP contribution in [0, 0.1) is 13.8 Å². The molecule has 0 amide bonds. The highest BCUT2D eigenvalue weighted by Crippen LogP contribution is 2.41. The molecule has 3 aromatic rings. The number of nitrogens with zero attached hydrogens (tertiary/aromatic N) is 2. The van der Waals surface area contributed by atoms with Crippen molar-refractivity contribution < 1.29 is 22.5 Å². The van der Waals surface area contributed by atoms with Crippen molar-refractivity contribution >= 4 is 34.7 Å². The van der Waals surface area contributed by atoms with E-state index in [1.54, 1.807) is 26.3 Å². The predicted molar refractivity (Wildman–Crippen MR) is 135 cm³/mol. The van der Waals surface area contributed by atoms with E-state index in [9.17, 15) is 17.7 Å². The van der Waals surface area contributed by atoms with Gasteiger partial charge in [0.1, 0.15) is 18.8 Å². The van der Waals surface area contributed by atoms with Crippen LogP contribution in [0.2, 0.25) is 0 Å². The van der Waals surface area contributed by atoms with Crippen molar-refractivity contribution in [2.75, 3.05) is 31.9 Å². The molecule has 0 saturated heterocycles. The molecule has 1 aromatic heterocycles. The summed E-state index contributed by atoms with van der Waals surface area (Å²) < 4.78 is 59.0. The van der Waals surface area contributed by atoms with Crippen LogP contribution in [0.4, 0.5) is 19.0 Å². The molecule has 0 fully saturated rings. The van der Waals surface area contributed by atoms with E-state index < -0.39 is 24.9 Å². The molecule has 0 radical (unpaired) electrons. The molecule has 35 heavy (non-hydrogen) atoms. The minimum atomic E-state index is -4.42. The number of aromatic nitrogens is 2. The van der Waals surface area contributed by atoms with Gasteiger partial charge in [0, 0.05) is 10.7 Å². The summed E-state index contributed by atoms with van der Waals surface area (Å²) in [6, 6.07) is 7.59. The molecule has 1 atom stereocenters. The molecule has 0 spiro atoms. The molecule has 0 saturated carbocycles. The van der Waals surface area contributed by atoms with Gasteiger partial charge in [-0.05, 0) is 81.0 Å². The van der Waals surface area contributed by atoms with Gasteiger partial charge in [0.15, 0.2) is 0 Å². The van der Waals surface area contributed by atoms with E-state index in [1.807, 2.05) is 25.1 Å². The topological polar surface area (TPSA) is 64.1 Å². The van der Waals surface area contributed by atoms with E-state index in [1.165, 1.54) is 13.0 Å². The van der Waals surface area contributed by atoms with Crippen LogP contribution in [0.3, 0.4) is 0 Å². The van der Waals surface area contributed by atoms with Gasteiger partial charge in [0.2, 0.25) is 0 Å². The highest BCUT2D eigenvalue weighted by Gasteiger charge is 2.33. The molecule has 2 heterocycles. The lowest BCUT2D eigenvalue weighted by Crippen LogP contribution is -2.16. The highest BCUT2D eigenvalue weighted by atomic mass is 31.2. The molecular formula is C26H29F3N3O2P. The van der Waals surface area contributed by atoms with Gasteiger partial charge in [0.05, 0.1) is 30.3 Å². The van der Waals surface area contributed by atoms with Crippen LogP contribution in [0.1, 0.15) is 47.5 Å². The zero-order valence-corrected chi connectivity index (χ0v) is 21.3. The number of aryl methyl sites for hydroxylation is 1. The lowest BCUT2D eigenvalue weighted by atomic mass is 9.97. The third-order valence-corrected chi connectivity index (χ3v) is 7.85. The van der Waals surface area contributed by atoms with Crippen molar-refractivity contribution in [3.63, 3.8) is 0 Å². The maximum atomic E-state index is 13.5. The van der Waals surface area contributed by atoms with Crippen LogP contribution < -0.4 is 10.6 Å². The number of hydrogen-bond donors (Lipinski definition) is 1. The fourth-order valence-corrected chi connectivity index (χ4v) is 5.80. The van der Waals surface area contributed by atoms with Gasteiger partial charge >= 0.3 is 6.18 Å². The molecule has 1 N–H and O–H groups in total. The number of hydrogen-bond acceptors (Lipinski definition) is 5. The van der Waals surface area contributed by atoms with Gasteiger partial charge in [0.25, 0.3) is 0 Å². The van der Waals surface area contributed by atoms with Crippen LogP contribution in [-0.4, -0.2) is 36.5 Å². The first-order valence-corrected chi connectivity index (χ1v) is 14.0. The van der Waals surface area contributed by atoms with Gasteiger partial charge in [-0.25, -0.2) is 9.97 Å². The standard InChI is InChI=1S/C26H29F3N3O2P/c1-15-19(7-6-8-22(15)26(27,28)29)16(2)30-25-21-13-20(18-9-11-34-12-10-18)24(35(4,5)33)14-23(21)31-17(3)32-25/h6-9,13-14,16H,10-12H2,1-5H3,(H,30,31,32)/t16-/m1/s1. The number of ether oxygens (including phenoxy) is 1. The van der Waals surface area contributed by atoms with Gasteiger partial charge in [-0.3, -0.25) is 0 Å². The van der Waals surface area contributed by atoms with E-state index in [4.69, 9.17) is 4.74 Å². The molecule has 5 nitrogen and oxygen atoms in total. The number of anilines is 1. The summed E-state index contributed by atoms with van der Waals surface area (Å²) in [4.78, 5) is 9.16. The van der Waals surface area contributed by atoms with E-state index in [0.717, 1.165) is 27.9 Å². The Bertz CT molecular complexity index is 1360. The lowest BCUT2D eigenvalue weighted by molar-refractivity contribution is -0.138. The molecule has 0 unspecified atom stereocenters. The van der Waals surface area contributed by atoms with Gasteiger partial charge in [-0.2, -0.15) is 13.2 Å². The van der Waals surface area contributed by atoms with Crippen LogP contribution in [0.25, 0.3) is 16.5 Å². The third kappa shape index (κ3) is 5.29. The lowest BCUT2D eigenvalue weighted by Gasteiger charge is -2.23. The van der Waals surface area contributed by atoms with Crippen molar-refractivity contribution in [2.24, 2.45) is 0 Å². The minimum absolute atomic E-state index is 0.184. The fourth-order valence-electron chi connectivity index (χ4n) is 4.58. The van der Waals surface area contributed by atoms with Crippen LogP contribution in [0.5, 0.6) is 0 Å². The Hall–Kier alpha value is -2.70. The first-order valence-electron chi connectivity index (χ1n) is 11.4. The first kappa shape index (κ1) is 25.4. The molecule has 2 aromatic carbocycles. The number of halogens is 3. The second kappa shape index (κ2) is 9.40. The Morgan fingerprint density at radius 3 is 2.51 bits per heavy atom. The van der Waals surface area contributed by atoms with E-state index in [-0.39, 0.29) is 5.56 Å². The maximum Gasteiger partial charge on any atom is 0.416 e. The normalized spacial score (nSPS) is 15.7. The van der Waals surface area contributed by atoms with Gasteiger partial charge < -0.3 is 14.6 Å². The van der Waals surface area contributed by atoms with Crippen LogP contribution >= 0.6 is 7.14 Å². The Labute approximate surface area is 203 Å². The summed E-state index contributed by atoms with van der Waals surface area (Å²) in [7, 11) is -2.63. The molecule has 9 heteroatoms. The zero-order chi connectivity index (χ0) is 25.5. The number of benzene rings is 2. The average Bonchev–Trinajstić information content (AvgIpc) is 2.77. The largest absolute Gasteiger partial charge is 0.416 e. The van der Waals surface area contributed by atoms with Crippen molar-refractivity contribution in [2.45, 2.75) is 39.4 Å². The first-order chi connectivity index (χ1) is 16.4. The summed E-state index contributed by atoms with van der Waals surface area (Å²) in [5.41, 5.74) is 2.66. The monoisotopic (exact) mass is 503 g/mol. The maximum absolute atomic E-state index is 13.5. The molecule has 0 aliphatic carbocycles. The average molecular weight is 504 g/mol. The van der Waals surface area contributed by atoms with Gasteiger partial charge in [-0.15, -0.1) is 0 Å². The minimum Gasteiger partial charge on any atom is -0.377 e. The number of fused-ring (bicyclic) bond motifs is 1. The Kier molecular flexibility index (Phi) is 6.82. The second-order valence-electron chi connectivity index (χ2n) is 9.29. The molecule has 1 aliphatic rings. The van der Waals surface area contributed by atoms with E-state index in [2.05, 4.69) is 15.3 Å². The molecule has 1 aliphatic heterocycles. The van der Waals surface area contributed by atoms with Crippen LogP contribution in [0.15, 0.2) is 36.4 Å². The third-order valence-electron chi connectivity index (χ3n) is 6.32. The van der Waals surface area contributed by atoms with E-state index >= 15 is 0 Å². The summed E-state index contributed by atoms with van der Waals surface area (Å²) in [6.45, 7) is 9.62. The number of nitrogens with one attached hydrogen (secondary N) is 1. The fraction of sp³-hybridized carbons (Fsp3) is 0.385. The molecular weight excluding hydrogens is 474 g/mol. The van der Waals surface area contributed by atoms with Crippen molar-refractivity contribution in [1.29, 1.82) is 0 Å². The summed E-state index contributed by atoms with van der Waals surface area (Å²) >= 11 is 0. The zero-order valence-electron chi connectivity index (χ0n) is 20.5. The Morgan fingerprint density at radius 2 is 1.89 bits per heavy atom. The van der Waals surface area contributed by atoms with Crippen molar-refractivity contribution in [1.82, 2.24) is 9.97 Å². The Morgan fingerprint density at radius 1 is 1.14 bits per heavy atom. The van der Waals surface area contributed by atoms with E-state index in [0.29, 0.717) is 42.4 Å². The summed E-state index contributed by atoms with van der Waals surface area (Å²) in [5, 5.41) is 4.80. The molecule has 186 valence electrons. The summed E-state index contributed by atoms with van der Waals surface area (Å²) in [5.74, 6) is 1.04. The van der Waals surface area contributed by atoms with Gasteiger partial charge in [-0.1, -0.05) is 18.2 Å². The second-order valence-corrected chi connectivity index (χ2v) is 12.5. The summed E-state index contributed by atoms with van der Waals surface area (Å²) in [6.07, 6.45) is -1.72. The number of alkyl halides is 3. The highest BCUT2D eigenvalue weighted by molar-refractivity contribution is 7.70.